The maximum absolute atomic E-state index is 12.8. The lowest BCUT2D eigenvalue weighted by Gasteiger charge is -2.06. The molecule has 3 nitrogen and oxygen atoms in total. The summed E-state index contributed by atoms with van der Waals surface area (Å²) >= 11 is 5.51. The summed E-state index contributed by atoms with van der Waals surface area (Å²) < 4.78 is 17.7. The molecule has 0 bridgehead atoms. The van der Waals surface area contributed by atoms with Crippen molar-refractivity contribution in [3.63, 3.8) is 0 Å². The highest BCUT2D eigenvalue weighted by atomic mass is 35.5. The predicted molar refractivity (Wildman–Crippen MR) is 65.9 cm³/mol. The van der Waals surface area contributed by atoms with E-state index in [9.17, 15) is 9.18 Å². The quantitative estimate of drug-likeness (QED) is 0.624. The molecule has 0 fully saturated rings. The minimum Gasteiger partial charge on any atom is -0.449 e. The first-order valence-corrected chi connectivity index (χ1v) is 6.01. The number of rotatable bonds is 6. The van der Waals surface area contributed by atoms with Crippen LogP contribution in [0.1, 0.15) is 19.3 Å². The number of hydrogen-bond donors (Lipinski definition) is 1. The van der Waals surface area contributed by atoms with Crippen LogP contribution in [0.25, 0.3) is 0 Å². The largest absolute Gasteiger partial charge is 0.449 e. The zero-order chi connectivity index (χ0) is 12.5. The van der Waals surface area contributed by atoms with Crippen LogP contribution in [-0.4, -0.2) is 18.6 Å². The first-order valence-electron chi connectivity index (χ1n) is 5.47. The van der Waals surface area contributed by atoms with E-state index in [2.05, 4.69) is 5.32 Å². The Morgan fingerprint density at radius 1 is 1.35 bits per heavy atom. The number of carbonyl (C=O) groups excluding carboxylic acids is 1. The van der Waals surface area contributed by atoms with Crippen LogP contribution in [0, 0.1) is 5.82 Å². The number of halogens is 2. The third-order valence-electron chi connectivity index (χ3n) is 2.08. The molecule has 0 radical (unpaired) electrons. The van der Waals surface area contributed by atoms with Gasteiger partial charge >= 0.3 is 6.09 Å². The Hall–Kier alpha value is -1.29. The highest BCUT2D eigenvalue weighted by Gasteiger charge is 2.03. The van der Waals surface area contributed by atoms with Crippen molar-refractivity contribution in [3.05, 3.63) is 30.1 Å². The van der Waals surface area contributed by atoms with E-state index in [1.165, 1.54) is 18.2 Å². The average Bonchev–Trinajstić information content (AvgIpc) is 2.29. The zero-order valence-corrected chi connectivity index (χ0v) is 10.2. The van der Waals surface area contributed by atoms with Gasteiger partial charge in [-0.1, -0.05) is 6.07 Å². The molecule has 17 heavy (non-hydrogen) atoms. The van der Waals surface area contributed by atoms with Crippen LogP contribution in [0.2, 0.25) is 0 Å². The number of nitrogens with one attached hydrogen (secondary N) is 1. The molecule has 94 valence electrons. The highest BCUT2D eigenvalue weighted by molar-refractivity contribution is 6.17. The van der Waals surface area contributed by atoms with Crippen molar-refractivity contribution < 1.29 is 13.9 Å². The van der Waals surface area contributed by atoms with Crippen molar-refractivity contribution in [3.8, 4) is 0 Å². The van der Waals surface area contributed by atoms with Gasteiger partial charge in [0.05, 0.1) is 6.61 Å². The van der Waals surface area contributed by atoms with Gasteiger partial charge in [-0.15, -0.1) is 11.6 Å². The van der Waals surface area contributed by atoms with Gasteiger partial charge in [-0.05, 0) is 37.5 Å². The smallest absolute Gasteiger partial charge is 0.411 e. The van der Waals surface area contributed by atoms with Gasteiger partial charge in [0, 0.05) is 11.6 Å². The lowest BCUT2D eigenvalue weighted by Crippen LogP contribution is -2.14. The van der Waals surface area contributed by atoms with E-state index < -0.39 is 11.9 Å². The monoisotopic (exact) mass is 259 g/mol. The summed E-state index contributed by atoms with van der Waals surface area (Å²) in [5.74, 6) is 0.222. The number of unbranched alkanes of at least 4 members (excludes halogenated alkanes) is 2. The molecular formula is C12H15ClFNO2. The Balaban J connectivity index is 2.21. The number of ether oxygens (including phenoxy) is 1. The van der Waals surface area contributed by atoms with E-state index in [0.717, 1.165) is 19.3 Å². The first kappa shape index (κ1) is 13.8. The van der Waals surface area contributed by atoms with Gasteiger partial charge in [0.15, 0.2) is 0 Å². The topological polar surface area (TPSA) is 38.3 Å². The van der Waals surface area contributed by atoms with E-state index in [0.29, 0.717) is 18.2 Å². The van der Waals surface area contributed by atoms with Crippen molar-refractivity contribution >= 4 is 23.4 Å². The summed E-state index contributed by atoms with van der Waals surface area (Å²) in [6.45, 7) is 0.345. The Morgan fingerprint density at radius 2 is 2.18 bits per heavy atom. The number of carbonyl (C=O) groups is 1. The molecule has 5 heteroatoms. The minimum atomic E-state index is -0.568. The minimum absolute atomic E-state index is 0.345. The second kappa shape index (κ2) is 7.90. The fourth-order valence-corrected chi connectivity index (χ4v) is 1.45. The number of benzene rings is 1. The molecular weight excluding hydrogens is 245 g/mol. The third kappa shape index (κ3) is 6.12. The fourth-order valence-electron chi connectivity index (χ4n) is 1.26. The molecule has 0 spiro atoms. The molecule has 1 aromatic carbocycles. The molecule has 1 rings (SSSR count). The summed E-state index contributed by atoms with van der Waals surface area (Å²) in [4.78, 5) is 11.3. The van der Waals surface area contributed by atoms with Crippen molar-refractivity contribution in [2.45, 2.75) is 19.3 Å². The molecule has 0 aliphatic carbocycles. The Labute approximate surface area is 105 Å². The van der Waals surface area contributed by atoms with Crippen LogP contribution >= 0.6 is 11.6 Å². The Morgan fingerprint density at radius 3 is 2.88 bits per heavy atom. The molecule has 1 N–H and O–H groups in total. The van der Waals surface area contributed by atoms with Gasteiger partial charge in [-0.2, -0.15) is 0 Å². The standard InChI is InChI=1S/C12H15ClFNO2/c13-7-2-1-3-8-17-12(16)15-11-6-4-5-10(14)9-11/h4-6,9H,1-3,7-8H2,(H,15,16). The second-order valence-corrected chi connectivity index (χ2v) is 3.90. The molecule has 0 aliphatic rings. The molecule has 0 aliphatic heterocycles. The average molecular weight is 260 g/mol. The highest BCUT2D eigenvalue weighted by Crippen LogP contribution is 2.09. The van der Waals surface area contributed by atoms with Crippen LogP contribution in [0.15, 0.2) is 24.3 Å². The van der Waals surface area contributed by atoms with Crippen LogP contribution < -0.4 is 5.32 Å². The summed E-state index contributed by atoms with van der Waals surface area (Å²) in [6, 6.07) is 5.65. The van der Waals surface area contributed by atoms with E-state index in [1.807, 2.05) is 0 Å². The van der Waals surface area contributed by atoms with Crippen LogP contribution in [0.3, 0.4) is 0 Å². The molecule has 0 saturated carbocycles. The van der Waals surface area contributed by atoms with Crippen molar-refractivity contribution in [2.75, 3.05) is 17.8 Å². The maximum atomic E-state index is 12.8. The van der Waals surface area contributed by atoms with Crippen LogP contribution in [-0.2, 0) is 4.74 Å². The van der Waals surface area contributed by atoms with E-state index in [1.54, 1.807) is 6.07 Å². The van der Waals surface area contributed by atoms with Crippen molar-refractivity contribution in [1.29, 1.82) is 0 Å². The lowest BCUT2D eigenvalue weighted by molar-refractivity contribution is 0.159. The van der Waals surface area contributed by atoms with E-state index in [-0.39, 0.29) is 0 Å². The van der Waals surface area contributed by atoms with Gasteiger partial charge < -0.3 is 4.74 Å². The third-order valence-corrected chi connectivity index (χ3v) is 2.35. The van der Waals surface area contributed by atoms with Crippen molar-refractivity contribution in [1.82, 2.24) is 0 Å². The first-order chi connectivity index (χ1) is 8.22. The van der Waals surface area contributed by atoms with Gasteiger partial charge in [-0.25, -0.2) is 9.18 Å². The summed E-state index contributed by atoms with van der Waals surface area (Å²) in [7, 11) is 0. The van der Waals surface area contributed by atoms with Gasteiger partial charge in [-0.3, -0.25) is 5.32 Å². The predicted octanol–water partition coefficient (Wildman–Crippen LogP) is 3.78. The zero-order valence-electron chi connectivity index (χ0n) is 9.42. The Kier molecular flexibility index (Phi) is 6.40. The number of anilines is 1. The number of alkyl halides is 1. The van der Waals surface area contributed by atoms with Gasteiger partial charge in [0.2, 0.25) is 0 Å². The normalized spacial score (nSPS) is 10.0. The number of amides is 1. The van der Waals surface area contributed by atoms with Crippen LogP contribution in [0.4, 0.5) is 14.9 Å². The summed E-state index contributed by atoms with van der Waals surface area (Å²) in [5.41, 5.74) is 0.385. The summed E-state index contributed by atoms with van der Waals surface area (Å²) in [6.07, 6.45) is 2.05. The molecule has 0 atom stereocenters. The SMILES string of the molecule is O=C(Nc1cccc(F)c1)OCCCCCCl. The molecule has 0 saturated heterocycles. The number of hydrogen-bond acceptors (Lipinski definition) is 2. The molecule has 0 unspecified atom stereocenters. The molecule has 0 aromatic heterocycles. The summed E-state index contributed by atoms with van der Waals surface area (Å²) in [5, 5.41) is 2.45. The van der Waals surface area contributed by atoms with Crippen molar-refractivity contribution in [2.24, 2.45) is 0 Å². The van der Waals surface area contributed by atoms with Crippen LogP contribution in [0.5, 0.6) is 0 Å². The molecule has 0 heterocycles. The lowest BCUT2D eigenvalue weighted by atomic mass is 10.3. The Bertz CT molecular complexity index is 360. The van der Waals surface area contributed by atoms with Gasteiger partial charge in [0.25, 0.3) is 0 Å². The fraction of sp³-hybridized carbons (Fsp3) is 0.417. The molecule has 1 amide bonds. The van der Waals surface area contributed by atoms with E-state index >= 15 is 0 Å². The van der Waals surface area contributed by atoms with E-state index in [4.69, 9.17) is 16.3 Å². The second-order valence-electron chi connectivity index (χ2n) is 3.52. The maximum Gasteiger partial charge on any atom is 0.411 e. The molecule has 1 aromatic rings. The van der Waals surface area contributed by atoms with Gasteiger partial charge in [0.1, 0.15) is 5.82 Å².